The van der Waals surface area contributed by atoms with Crippen LogP contribution in [0.1, 0.15) is 0 Å². The molecule has 0 radical (unpaired) electrons. The Morgan fingerprint density at radius 3 is 2.57 bits per heavy atom. The standard InChI is InChI=1S/C9H9NO3S/c11-6-1-7-14-9-4-2-8(3-5-9)10(12)13/h1-5,7,11H,6H2/b7-1-. The number of benzene rings is 1. The van der Waals surface area contributed by atoms with Crippen molar-refractivity contribution in [3.63, 3.8) is 0 Å². The highest BCUT2D eigenvalue weighted by atomic mass is 32.2. The Hall–Kier alpha value is -1.33. The molecule has 0 bridgehead atoms. The lowest BCUT2D eigenvalue weighted by molar-refractivity contribution is -0.384. The summed E-state index contributed by atoms with van der Waals surface area (Å²) in [6.45, 7) is -0.0000185. The van der Waals surface area contributed by atoms with Crippen LogP contribution in [0.3, 0.4) is 0 Å². The summed E-state index contributed by atoms with van der Waals surface area (Å²) in [7, 11) is 0. The predicted octanol–water partition coefficient (Wildman–Crippen LogP) is 2.19. The predicted molar refractivity (Wildman–Crippen MR) is 55.2 cm³/mol. The van der Waals surface area contributed by atoms with Gasteiger partial charge in [0.05, 0.1) is 11.5 Å². The van der Waals surface area contributed by atoms with E-state index < -0.39 is 4.92 Å². The van der Waals surface area contributed by atoms with E-state index in [9.17, 15) is 10.1 Å². The van der Waals surface area contributed by atoms with Crippen molar-refractivity contribution < 1.29 is 10.0 Å². The molecule has 1 N–H and O–H groups in total. The lowest BCUT2D eigenvalue weighted by Gasteiger charge is -1.94. The number of thioether (sulfide) groups is 1. The molecule has 74 valence electrons. The molecule has 0 spiro atoms. The number of non-ortho nitro benzene ring substituents is 1. The van der Waals surface area contributed by atoms with Gasteiger partial charge in [0.1, 0.15) is 0 Å². The van der Waals surface area contributed by atoms with Gasteiger partial charge in [-0.25, -0.2) is 0 Å². The summed E-state index contributed by atoms with van der Waals surface area (Å²) in [5.74, 6) is 0. The minimum Gasteiger partial charge on any atom is -0.392 e. The Morgan fingerprint density at radius 1 is 1.43 bits per heavy atom. The summed E-state index contributed by atoms with van der Waals surface area (Å²) in [6.07, 6.45) is 1.60. The van der Waals surface area contributed by atoms with Crippen LogP contribution in [-0.2, 0) is 0 Å². The first kappa shape index (κ1) is 10.7. The van der Waals surface area contributed by atoms with Crippen molar-refractivity contribution in [3.8, 4) is 0 Å². The minimum absolute atomic E-state index is 0.0000185. The monoisotopic (exact) mass is 211 g/mol. The molecule has 0 saturated carbocycles. The molecular formula is C9H9NO3S. The molecule has 0 fully saturated rings. The maximum Gasteiger partial charge on any atom is 0.269 e. The van der Waals surface area contributed by atoms with E-state index >= 15 is 0 Å². The normalized spacial score (nSPS) is 10.6. The third kappa shape index (κ3) is 3.20. The fourth-order valence-corrected chi connectivity index (χ4v) is 1.45. The van der Waals surface area contributed by atoms with E-state index in [-0.39, 0.29) is 12.3 Å². The summed E-state index contributed by atoms with van der Waals surface area (Å²) < 4.78 is 0. The molecule has 0 heterocycles. The SMILES string of the molecule is O=[N+]([O-])c1ccc(S/C=C\CO)cc1. The van der Waals surface area contributed by atoms with Gasteiger partial charge >= 0.3 is 0 Å². The number of hydrogen-bond donors (Lipinski definition) is 1. The Bertz CT molecular complexity index is 334. The van der Waals surface area contributed by atoms with Gasteiger partial charge < -0.3 is 5.11 Å². The fraction of sp³-hybridized carbons (Fsp3) is 0.111. The largest absolute Gasteiger partial charge is 0.392 e. The van der Waals surface area contributed by atoms with E-state index in [0.29, 0.717) is 0 Å². The van der Waals surface area contributed by atoms with Gasteiger partial charge in [-0.15, -0.1) is 0 Å². The summed E-state index contributed by atoms with van der Waals surface area (Å²) in [5, 5.41) is 20.5. The van der Waals surface area contributed by atoms with E-state index in [4.69, 9.17) is 5.11 Å². The van der Waals surface area contributed by atoms with Crippen LogP contribution in [0.5, 0.6) is 0 Å². The number of nitrogens with zero attached hydrogens (tertiary/aromatic N) is 1. The van der Waals surface area contributed by atoms with Crippen molar-refractivity contribution >= 4 is 17.4 Å². The molecule has 0 atom stereocenters. The van der Waals surface area contributed by atoms with Gasteiger partial charge in [0.25, 0.3) is 5.69 Å². The Kier molecular flexibility index (Phi) is 4.15. The molecule has 1 rings (SSSR count). The van der Waals surface area contributed by atoms with Crippen molar-refractivity contribution in [1.82, 2.24) is 0 Å². The number of aliphatic hydroxyl groups is 1. The van der Waals surface area contributed by atoms with E-state index in [1.807, 2.05) is 0 Å². The zero-order valence-electron chi connectivity index (χ0n) is 7.29. The molecule has 14 heavy (non-hydrogen) atoms. The lowest BCUT2D eigenvalue weighted by atomic mass is 10.3. The van der Waals surface area contributed by atoms with Gasteiger partial charge in [-0.3, -0.25) is 10.1 Å². The van der Waals surface area contributed by atoms with Crippen molar-refractivity contribution in [2.75, 3.05) is 6.61 Å². The van der Waals surface area contributed by atoms with Crippen LogP contribution in [0.25, 0.3) is 0 Å². The molecule has 1 aromatic rings. The molecule has 0 aliphatic heterocycles. The van der Waals surface area contributed by atoms with Gasteiger partial charge in [-0.05, 0) is 17.5 Å². The maximum atomic E-state index is 10.3. The van der Waals surface area contributed by atoms with Crippen LogP contribution in [0.2, 0.25) is 0 Å². The van der Waals surface area contributed by atoms with Crippen molar-refractivity contribution in [2.24, 2.45) is 0 Å². The first-order chi connectivity index (χ1) is 6.74. The molecule has 4 nitrogen and oxygen atoms in total. The molecule has 0 unspecified atom stereocenters. The third-order valence-corrected chi connectivity index (χ3v) is 2.33. The quantitative estimate of drug-likeness (QED) is 0.471. The maximum absolute atomic E-state index is 10.3. The highest BCUT2D eigenvalue weighted by Crippen LogP contribution is 2.21. The van der Waals surface area contributed by atoms with Gasteiger partial charge in [0, 0.05) is 17.0 Å². The van der Waals surface area contributed by atoms with Gasteiger partial charge in [-0.1, -0.05) is 17.8 Å². The van der Waals surface area contributed by atoms with E-state index in [0.717, 1.165) is 4.90 Å². The second kappa shape index (κ2) is 5.41. The highest BCUT2D eigenvalue weighted by Gasteiger charge is 2.02. The van der Waals surface area contributed by atoms with Crippen molar-refractivity contribution in [2.45, 2.75) is 4.90 Å². The molecule has 0 aliphatic rings. The first-order valence-corrected chi connectivity index (χ1v) is 4.79. The summed E-state index contributed by atoms with van der Waals surface area (Å²) in [6, 6.07) is 6.25. The third-order valence-electron chi connectivity index (χ3n) is 1.45. The van der Waals surface area contributed by atoms with E-state index in [1.165, 1.54) is 23.9 Å². The fourth-order valence-electron chi connectivity index (χ4n) is 0.816. The number of rotatable bonds is 4. The van der Waals surface area contributed by atoms with E-state index in [2.05, 4.69) is 0 Å². The second-order valence-corrected chi connectivity index (χ2v) is 3.40. The lowest BCUT2D eigenvalue weighted by Crippen LogP contribution is -1.86. The summed E-state index contributed by atoms with van der Waals surface area (Å²) >= 11 is 1.40. The molecular weight excluding hydrogens is 202 g/mol. The van der Waals surface area contributed by atoms with Crippen LogP contribution >= 0.6 is 11.8 Å². The number of aliphatic hydroxyl groups excluding tert-OH is 1. The average Bonchev–Trinajstić information content (AvgIpc) is 2.19. The molecule has 5 heteroatoms. The van der Waals surface area contributed by atoms with Crippen LogP contribution in [0, 0.1) is 10.1 Å². The summed E-state index contributed by atoms with van der Waals surface area (Å²) in [4.78, 5) is 10.8. The van der Waals surface area contributed by atoms with Crippen LogP contribution in [0.4, 0.5) is 5.69 Å². The Balaban J connectivity index is 2.64. The Labute approximate surface area is 85.4 Å². The average molecular weight is 211 g/mol. The van der Waals surface area contributed by atoms with Gasteiger partial charge in [-0.2, -0.15) is 0 Å². The summed E-state index contributed by atoms with van der Waals surface area (Å²) in [5.41, 5.74) is 0.0838. The first-order valence-electron chi connectivity index (χ1n) is 3.91. The molecule has 1 aromatic carbocycles. The zero-order chi connectivity index (χ0) is 10.4. The minimum atomic E-state index is -0.433. The van der Waals surface area contributed by atoms with Crippen molar-refractivity contribution in [3.05, 3.63) is 45.9 Å². The molecule has 0 aliphatic carbocycles. The van der Waals surface area contributed by atoms with E-state index in [1.54, 1.807) is 23.6 Å². The van der Waals surface area contributed by atoms with Gasteiger partial charge in [0.15, 0.2) is 0 Å². The molecule has 0 aromatic heterocycles. The van der Waals surface area contributed by atoms with Gasteiger partial charge in [0.2, 0.25) is 0 Å². The van der Waals surface area contributed by atoms with Crippen molar-refractivity contribution in [1.29, 1.82) is 0 Å². The van der Waals surface area contributed by atoms with Crippen LogP contribution in [0.15, 0.2) is 40.6 Å². The topological polar surface area (TPSA) is 63.4 Å². The molecule has 0 saturated heterocycles. The van der Waals surface area contributed by atoms with Crippen LogP contribution < -0.4 is 0 Å². The highest BCUT2D eigenvalue weighted by molar-refractivity contribution is 8.02. The smallest absolute Gasteiger partial charge is 0.269 e. The number of hydrogen-bond acceptors (Lipinski definition) is 4. The molecule has 0 amide bonds. The van der Waals surface area contributed by atoms with Crippen LogP contribution in [-0.4, -0.2) is 16.6 Å². The number of nitro groups is 1. The Morgan fingerprint density at radius 2 is 2.07 bits per heavy atom. The second-order valence-electron chi connectivity index (χ2n) is 2.42. The number of nitro benzene ring substituents is 1. The zero-order valence-corrected chi connectivity index (χ0v) is 8.11.